The first-order valence-electron chi connectivity index (χ1n) is 7.71. The van der Waals surface area contributed by atoms with E-state index >= 15 is 0 Å². The molecule has 26 heavy (non-hydrogen) atoms. The van der Waals surface area contributed by atoms with Crippen LogP contribution in [-0.2, 0) is 0 Å². The number of hydrogen-bond acceptors (Lipinski definition) is 2. The summed E-state index contributed by atoms with van der Waals surface area (Å²) >= 11 is 0. The molecule has 0 N–H and O–H groups in total. The fourth-order valence-electron chi connectivity index (χ4n) is 2.35. The molecule has 0 fully saturated rings. The second-order valence-electron chi connectivity index (χ2n) is 5.53. The van der Waals surface area contributed by atoms with Gasteiger partial charge in [-0.1, -0.05) is 18.2 Å². The Balaban J connectivity index is 1.77. The van der Waals surface area contributed by atoms with E-state index in [2.05, 4.69) is 0 Å². The first-order chi connectivity index (χ1) is 12.5. The van der Waals surface area contributed by atoms with E-state index < -0.39 is 23.4 Å². The van der Waals surface area contributed by atoms with Crippen molar-refractivity contribution in [1.82, 2.24) is 0 Å². The number of hydrogen-bond donors (Lipinski definition) is 0. The Morgan fingerprint density at radius 2 is 1.38 bits per heavy atom. The van der Waals surface area contributed by atoms with Crippen molar-refractivity contribution < 1.29 is 22.7 Å². The molecule has 3 rings (SSSR count). The van der Waals surface area contributed by atoms with Crippen LogP contribution in [0, 0.1) is 17.5 Å². The summed E-state index contributed by atoms with van der Waals surface area (Å²) in [4.78, 5) is 13.6. The molecule has 0 saturated heterocycles. The van der Waals surface area contributed by atoms with Gasteiger partial charge < -0.3 is 9.64 Å². The van der Waals surface area contributed by atoms with Crippen LogP contribution in [-0.4, -0.2) is 13.0 Å². The molecule has 0 spiro atoms. The Morgan fingerprint density at radius 1 is 0.846 bits per heavy atom. The van der Waals surface area contributed by atoms with Crippen LogP contribution >= 0.6 is 0 Å². The van der Waals surface area contributed by atoms with Crippen LogP contribution in [0.3, 0.4) is 0 Å². The van der Waals surface area contributed by atoms with Crippen molar-refractivity contribution in [3.05, 3.63) is 89.7 Å². The van der Waals surface area contributed by atoms with E-state index in [-0.39, 0.29) is 5.56 Å². The minimum Gasteiger partial charge on any atom is -0.457 e. The maximum absolute atomic E-state index is 13.3. The average Bonchev–Trinajstić information content (AvgIpc) is 2.66. The highest BCUT2D eigenvalue weighted by Crippen LogP contribution is 2.25. The molecule has 0 aliphatic heterocycles. The van der Waals surface area contributed by atoms with E-state index in [1.165, 1.54) is 11.9 Å². The number of anilines is 1. The highest BCUT2D eigenvalue weighted by Gasteiger charge is 2.19. The van der Waals surface area contributed by atoms with E-state index in [1.54, 1.807) is 36.4 Å². The summed E-state index contributed by atoms with van der Waals surface area (Å²) in [5, 5.41) is 0. The van der Waals surface area contributed by atoms with Gasteiger partial charge in [0.1, 0.15) is 11.5 Å². The van der Waals surface area contributed by atoms with Gasteiger partial charge in [-0.25, -0.2) is 13.2 Å². The molecule has 1 amide bonds. The lowest BCUT2D eigenvalue weighted by atomic mass is 10.1. The maximum Gasteiger partial charge on any atom is 0.258 e. The lowest BCUT2D eigenvalue weighted by molar-refractivity contribution is 0.0992. The molecule has 0 saturated carbocycles. The molecule has 0 radical (unpaired) electrons. The molecule has 0 unspecified atom stereocenters. The third-order valence-electron chi connectivity index (χ3n) is 3.74. The Morgan fingerprint density at radius 3 is 1.96 bits per heavy atom. The van der Waals surface area contributed by atoms with Crippen LogP contribution in [0.25, 0.3) is 0 Å². The minimum atomic E-state index is -1.60. The molecule has 3 aromatic rings. The van der Waals surface area contributed by atoms with Crippen LogP contribution in [0.5, 0.6) is 11.5 Å². The largest absolute Gasteiger partial charge is 0.457 e. The van der Waals surface area contributed by atoms with Gasteiger partial charge >= 0.3 is 0 Å². The molecule has 0 aliphatic rings. The van der Waals surface area contributed by atoms with Gasteiger partial charge in [0.2, 0.25) is 0 Å². The molecule has 3 aromatic carbocycles. The van der Waals surface area contributed by atoms with Crippen LogP contribution in [0.4, 0.5) is 18.9 Å². The second kappa shape index (κ2) is 7.31. The summed E-state index contributed by atoms with van der Waals surface area (Å²) in [6.45, 7) is 0. The summed E-state index contributed by atoms with van der Waals surface area (Å²) in [7, 11) is 1.45. The van der Waals surface area contributed by atoms with E-state index in [1.807, 2.05) is 18.2 Å². The van der Waals surface area contributed by atoms with Gasteiger partial charge in [0, 0.05) is 18.3 Å². The number of amides is 1. The monoisotopic (exact) mass is 357 g/mol. The number of halogens is 3. The summed E-state index contributed by atoms with van der Waals surface area (Å²) in [6, 6.07) is 17.1. The number of rotatable bonds is 4. The summed E-state index contributed by atoms with van der Waals surface area (Å²) in [5.74, 6) is -3.85. The SMILES string of the molecule is CN(C(=O)c1cc(F)c(F)c(F)c1)c1ccc(Oc2ccccc2)cc1. The van der Waals surface area contributed by atoms with E-state index in [0.29, 0.717) is 29.3 Å². The molecule has 6 heteroatoms. The number of nitrogens with zero attached hydrogens (tertiary/aromatic N) is 1. The van der Waals surface area contributed by atoms with Crippen molar-refractivity contribution in [2.45, 2.75) is 0 Å². The zero-order valence-electron chi connectivity index (χ0n) is 13.7. The molecule has 0 heterocycles. The van der Waals surface area contributed by atoms with Crippen molar-refractivity contribution >= 4 is 11.6 Å². The van der Waals surface area contributed by atoms with Crippen LogP contribution in [0.15, 0.2) is 66.7 Å². The summed E-state index contributed by atoms with van der Waals surface area (Å²) < 4.78 is 45.3. The molecule has 0 atom stereocenters. The zero-order valence-corrected chi connectivity index (χ0v) is 13.7. The topological polar surface area (TPSA) is 29.5 Å². The number of carbonyl (C=O) groups is 1. The number of para-hydroxylation sites is 1. The number of carbonyl (C=O) groups excluding carboxylic acids is 1. The van der Waals surface area contributed by atoms with E-state index in [0.717, 1.165) is 0 Å². The van der Waals surface area contributed by atoms with Gasteiger partial charge in [-0.2, -0.15) is 0 Å². The number of benzene rings is 3. The van der Waals surface area contributed by atoms with Gasteiger partial charge in [0.25, 0.3) is 5.91 Å². The van der Waals surface area contributed by atoms with Gasteiger partial charge in [-0.15, -0.1) is 0 Å². The number of ether oxygens (including phenoxy) is 1. The second-order valence-corrected chi connectivity index (χ2v) is 5.53. The Labute approximate surface area is 148 Å². The first kappa shape index (κ1) is 17.5. The molecule has 132 valence electrons. The Hall–Kier alpha value is -3.28. The fourth-order valence-corrected chi connectivity index (χ4v) is 2.35. The van der Waals surface area contributed by atoms with Gasteiger partial charge in [0.05, 0.1) is 0 Å². The molecular formula is C20H14F3NO2. The third-order valence-corrected chi connectivity index (χ3v) is 3.74. The quantitative estimate of drug-likeness (QED) is 0.603. The lowest BCUT2D eigenvalue weighted by Crippen LogP contribution is -2.26. The Bertz CT molecular complexity index is 905. The van der Waals surface area contributed by atoms with Gasteiger partial charge in [-0.05, 0) is 48.5 Å². The van der Waals surface area contributed by atoms with Crippen molar-refractivity contribution in [2.75, 3.05) is 11.9 Å². The highest BCUT2D eigenvalue weighted by molar-refractivity contribution is 6.05. The summed E-state index contributed by atoms with van der Waals surface area (Å²) in [6.07, 6.45) is 0. The van der Waals surface area contributed by atoms with E-state index in [9.17, 15) is 18.0 Å². The predicted octanol–water partition coefficient (Wildman–Crippen LogP) is 5.17. The van der Waals surface area contributed by atoms with Crippen LogP contribution < -0.4 is 9.64 Å². The van der Waals surface area contributed by atoms with Gasteiger partial charge in [0.15, 0.2) is 17.5 Å². The summed E-state index contributed by atoms with van der Waals surface area (Å²) in [5.41, 5.74) is 0.203. The van der Waals surface area contributed by atoms with Crippen molar-refractivity contribution in [2.24, 2.45) is 0 Å². The molecule has 0 aromatic heterocycles. The molecular weight excluding hydrogens is 343 g/mol. The minimum absolute atomic E-state index is 0.284. The maximum atomic E-state index is 13.3. The Kier molecular flexibility index (Phi) is 4.93. The van der Waals surface area contributed by atoms with Crippen molar-refractivity contribution in [3.8, 4) is 11.5 Å². The lowest BCUT2D eigenvalue weighted by Gasteiger charge is -2.18. The molecule has 0 aliphatic carbocycles. The van der Waals surface area contributed by atoms with Gasteiger partial charge in [-0.3, -0.25) is 4.79 Å². The average molecular weight is 357 g/mol. The molecule has 0 bridgehead atoms. The predicted molar refractivity (Wildman–Crippen MR) is 92.0 cm³/mol. The van der Waals surface area contributed by atoms with Crippen LogP contribution in [0.1, 0.15) is 10.4 Å². The highest BCUT2D eigenvalue weighted by atomic mass is 19.2. The fraction of sp³-hybridized carbons (Fsp3) is 0.0500. The first-order valence-corrected chi connectivity index (χ1v) is 7.71. The van der Waals surface area contributed by atoms with Crippen molar-refractivity contribution in [3.63, 3.8) is 0 Å². The normalized spacial score (nSPS) is 10.5. The van der Waals surface area contributed by atoms with E-state index in [4.69, 9.17) is 4.74 Å². The zero-order chi connectivity index (χ0) is 18.7. The van der Waals surface area contributed by atoms with Crippen LogP contribution in [0.2, 0.25) is 0 Å². The smallest absolute Gasteiger partial charge is 0.258 e. The standard InChI is InChI=1S/C20H14F3NO2/c1-24(20(25)13-11-17(21)19(23)18(22)12-13)14-7-9-16(10-8-14)26-15-5-3-2-4-6-15/h2-12H,1H3. The third kappa shape index (κ3) is 3.69. The van der Waals surface area contributed by atoms with Crippen molar-refractivity contribution in [1.29, 1.82) is 0 Å². The molecule has 3 nitrogen and oxygen atoms in total.